The van der Waals surface area contributed by atoms with Crippen molar-refractivity contribution in [1.29, 1.82) is 0 Å². The number of hydrogen-bond acceptors (Lipinski definition) is 5. The molecule has 8 heteroatoms. The van der Waals surface area contributed by atoms with E-state index in [1.165, 1.54) is 12.0 Å². The third-order valence-electron chi connectivity index (χ3n) is 4.11. The number of benzene rings is 1. The van der Waals surface area contributed by atoms with Crippen molar-refractivity contribution in [3.8, 4) is 5.75 Å². The second kappa shape index (κ2) is 6.59. The zero-order chi connectivity index (χ0) is 19.2. The van der Waals surface area contributed by atoms with E-state index >= 15 is 0 Å². The van der Waals surface area contributed by atoms with Gasteiger partial charge in [-0.05, 0) is 32.4 Å². The summed E-state index contributed by atoms with van der Waals surface area (Å²) in [6, 6.07) is 0.952. The Balaban J connectivity index is 2.13. The highest BCUT2D eigenvalue weighted by molar-refractivity contribution is 6.46. The highest BCUT2D eigenvalue weighted by atomic mass is 35.5. The van der Waals surface area contributed by atoms with Gasteiger partial charge in [0.05, 0.1) is 24.2 Å². The molecule has 138 valence electrons. The van der Waals surface area contributed by atoms with E-state index in [1.54, 1.807) is 33.0 Å². The zero-order valence-corrected chi connectivity index (χ0v) is 16.3. The number of ether oxygens (including phenoxy) is 2. The molecule has 1 aromatic carbocycles. The van der Waals surface area contributed by atoms with Crippen LogP contribution in [-0.4, -0.2) is 35.0 Å². The third-order valence-corrected chi connectivity index (χ3v) is 4.95. The van der Waals surface area contributed by atoms with E-state index in [0.717, 1.165) is 5.56 Å². The summed E-state index contributed by atoms with van der Waals surface area (Å²) >= 11 is 12.5. The lowest BCUT2D eigenvalue weighted by Gasteiger charge is -2.26. The number of hydrogen-bond donors (Lipinski definition) is 0. The van der Waals surface area contributed by atoms with Crippen LogP contribution in [0.25, 0.3) is 10.9 Å². The molecule has 1 aliphatic rings. The van der Waals surface area contributed by atoms with Crippen molar-refractivity contribution in [3.63, 3.8) is 0 Å². The van der Waals surface area contributed by atoms with Crippen molar-refractivity contribution >= 4 is 46.5 Å². The molecule has 1 aromatic heterocycles. The van der Waals surface area contributed by atoms with Crippen LogP contribution in [0.1, 0.15) is 37.9 Å². The summed E-state index contributed by atoms with van der Waals surface area (Å²) in [5, 5.41) is 1.22. The quantitative estimate of drug-likeness (QED) is 0.696. The molecule has 1 amide bonds. The molecule has 3 rings (SSSR count). The number of pyridine rings is 1. The van der Waals surface area contributed by atoms with Gasteiger partial charge < -0.3 is 14.3 Å². The van der Waals surface area contributed by atoms with Crippen molar-refractivity contribution in [2.24, 2.45) is 0 Å². The molecule has 6 nitrogen and oxygen atoms in total. The highest BCUT2D eigenvalue weighted by Gasteiger charge is 2.37. The maximum absolute atomic E-state index is 12.5. The summed E-state index contributed by atoms with van der Waals surface area (Å²) in [5.41, 5.74) is 1.24. The van der Waals surface area contributed by atoms with Crippen molar-refractivity contribution in [2.75, 3.05) is 7.11 Å². The Kier molecular flexibility index (Phi) is 4.75. The largest absolute Gasteiger partial charge is 0.495 e. The monoisotopic (exact) mass is 396 g/mol. The fourth-order valence-corrected chi connectivity index (χ4v) is 3.44. The number of rotatable bonds is 2. The number of fused-ring (bicyclic) bond motifs is 3. The standard InChI is InChI=1S/C18H18Cl2N2O4/c1-18(2,3)26-17(24)22-7-11-9-5-13(25-4)14(19)15(20)16(9)21-6-10(11)12(22)8-23/h5-6,8,12H,7H2,1-4H3. The Morgan fingerprint density at radius 3 is 2.62 bits per heavy atom. The first-order valence-corrected chi connectivity index (χ1v) is 8.72. The zero-order valence-electron chi connectivity index (χ0n) is 14.8. The third kappa shape index (κ3) is 3.08. The lowest BCUT2D eigenvalue weighted by molar-refractivity contribution is -0.112. The van der Waals surface area contributed by atoms with Gasteiger partial charge >= 0.3 is 6.09 Å². The smallest absolute Gasteiger partial charge is 0.411 e. The average molecular weight is 397 g/mol. The highest BCUT2D eigenvalue weighted by Crippen LogP contribution is 2.43. The Morgan fingerprint density at radius 2 is 2.04 bits per heavy atom. The molecule has 0 spiro atoms. The lowest BCUT2D eigenvalue weighted by atomic mass is 10.0. The molecule has 0 saturated carbocycles. The molecule has 0 fully saturated rings. The SMILES string of the molecule is COc1cc2c3c(cnc2c(Cl)c1Cl)C(C=O)N(C(=O)OC(C)(C)C)C3. The fraction of sp³-hybridized carbons (Fsp3) is 0.389. The predicted molar refractivity (Wildman–Crippen MR) is 98.9 cm³/mol. The Labute approximate surface area is 161 Å². The molecule has 1 unspecified atom stereocenters. The van der Waals surface area contributed by atoms with Gasteiger partial charge in [0.25, 0.3) is 0 Å². The number of methoxy groups -OCH3 is 1. The molecule has 0 N–H and O–H groups in total. The van der Waals surface area contributed by atoms with E-state index in [2.05, 4.69) is 4.98 Å². The van der Waals surface area contributed by atoms with Crippen molar-refractivity contribution < 1.29 is 19.1 Å². The summed E-state index contributed by atoms with van der Waals surface area (Å²) in [6.45, 7) is 5.52. The van der Waals surface area contributed by atoms with Gasteiger partial charge in [-0.15, -0.1) is 0 Å². The number of aromatic nitrogens is 1. The van der Waals surface area contributed by atoms with Crippen LogP contribution in [0, 0.1) is 0 Å². The molecular formula is C18H18Cl2N2O4. The Morgan fingerprint density at radius 1 is 1.35 bits per heavy atom. The molecule has 2 aromatic rings. The number of carbonyl (C=O) groups excluding carboxylic acids is 2. The summed E-state index contributed by atoms with van der Waals surface area (Å²) in [5.74, 6) is 0.401. The van der Waals surface area contributed by atoms with E-state index < -0.39 is 17.7 Å². The minimum absolute atomic E-state index is 0.202. The van der Waals surface area contributed by atoms with Crippen LogP contribution in [0.4, 0.5) is 4.79 Å². The van der Waals surface area contributed by atoms with Gasteiger partial charge in [0.1, 0.15) is 28.7 Å². The van der Waals surface area contributed by atoms with E-state index in [-0.39, 0.29) is 16.6 Å². The van der Waals surface area contributed by atoms with Crippen LogP contribution in [0.2, 0.25) is 10.0 Å². The van der Waals surface area contributed by atoms with E-state index in [9.17, 15) is 9.59 Å². The number of aldehydes is 1. The van der Waals surface area contributed by atoms with Crippen molar-refractivity contribution in [3.05, 3.63) is 33.4 Å². The lowest BCUT2D eigenvalue weighted by Crippen LogP contribution is -2.36. The van der Waals surface area contributed by atoms with Gasteiger partial charge in [0.2, 0.25) is 0 Å². The van der Waals surface area contributed by atoms with E-state index in [4.69, 9.17) is 32.7 Å². The molecule has 0 radical (unpaired) electrons. The van der Waals surface area contributed by atoms with Gasteiger partial charge in [-0.25, -0.2) is 4.79 Å². The van der Waals surface area contributed by atoms with Gasteiger partial charge in [-0.3, -0.25) is 9.88 Å². The van der Waals surface area contributed by atoms with Gasteiger partial charge in [-0.1, -0.05) is 23.2 Å². The first-order valence-electron chi connectivity index (χ1n) is 7.96. The van der Waals surface area contributed by atoms with Crippen molar-refractivity contribution in [2.45, 2.75) is 39.0 Å². The normalized spacial score (nSPS) is 16.5. The molecule has 0 saturated heterocycles. The van der Waals surface area contributed by atoms with Crippen LogP contribution in [0.5, 0.6) is 5.75 Å². The first-order chi connectivity index (χ1) is 12.2. The molecule has 2 heterocycles. The summed E-state index contributed by atoms with van der Waals surface area (Å²) in [7, 11) is 1.49. The van der Waals surface area contributed by atoms with Crippen molar-refractivity contribution in [1.82, 2.24) is 9.88 Å². The topological polar surface area (TPSA) is 68.7 Å². The Hall–Kier alpha value is -2.05. The fourth-order valence-electron chi connectivity index (χ4n) is 2.98. The predicted octanol–water partition coefficient (Wildman–Crippen LogP) is 4.54. The van der Waals surface area contributed by atoms with Gasteiger partial charge in [-0.2, -0.15) is 0 Å². The van der Waals surface area contributed by atoms with Crippen LogP contribution in [-0.2, 0) is 16.1 Å². The maximum Gasteiger partial charge on any atom is 0.411 e. The molecule has 1 aliphatic heterocycles. The minimum Gasteiger partial charge on any atom is -0.495 e. The summed E-state index contributed by atoms with van der Waals surface area (Å²) in [6.07, 6.45) is 1.69. The number of nitrogens with zero attached hydrogens (tertiary/aromatic N) is 2. The number of carbonyl (C=O) groups is 2. The van der Waals surface area contributed by atoms with Crippen LogP contribution in [0.15, 0.2) is 12.3 Å². The maximum atomic E-state index is 12.5. The second-order valence-electron chi connectivity index (χ2n) is 6.98. The van der Waals surface area contributed by atoms with E-state index in [0.29, 0.717) is 28.5 Å². The first kappa shape index (κ1) is 18.7. The summed E-state index contributed by atoms with van der Waals surface area (Å²) < 4.78 is 10.7. The molecule has 1 atom stereocenters. The average Bonchev–Trinajstić information content (AvgIpc) is 2.95. The second-order valence-corrected chi connectivity index (χ2v) is 7.74. The van der Waals surface area contributed by atoms with E-state index in [1.807, 2.05) is 0 Å². The molecular weight excluding hydrogens is 379 g/mol. The number of halogens is 2. The van der Waals surface area contributed by atoms with Gasteiger partial charge in [0.15, 0.2) is 0 Å². The molecule has 0 aliphatic carbocycles. The van der Waals surface area contributed by atoms with Crippen LogP contribution >= 0.6 is 23.2 Å². The van der Waals surface area contributed by atoms with Crippen LogP contribution in [0.3, 0.4) is 0 Å². The Bertz CT molecular complexity index is 908. The summed E-state index contributed by atoms with van der Waals surface area (Å²) in [4.78, 5) is 29.9. The minimum atomic E-state index is -0.766. The van der Waals surface area contributed by atoms with Crippen LogP contribution < -0.4 is 4.74 Å². The number of amides is 1. The van der Waals surface area contributed by atoms with Gasteiger partial charge in [0, 0.05) is 17.1 Å². The molecule has 0 bridgehead atoms. The molecule has 26 heavy (non-hydrogen) atoms.